The van der Waals surface area contributed by atoms with E-state index in [0.717, 1.165) is 60.8 Å². The zero-order valence-electron chi connectivity index (χ0n) is 84.2. The van der Waals surface area contributed by atoms with Gasteiger partial charge in [-0.1, -0.05) is 236 Å². The van der Waals surface area contributed by atoms with Gasteiger partial charge in [-0.3, -0.25) is 0 Å². The number of quaternary nitrogens is 7. The van der Waals surface area contributed by atoms with E-state index in [1.165, 1.54) is 183 Å². The molecule has 0 atom stereocenters. The molecule has 3 fully saturated rings. The Labute approximate surface area is 757 Å². The summed E-state index contributed by atoms with van der Waals surface area (Å²) in [4.78, 5) is 46.9. The molecule has 0 aliphatic carbocycles. The van der Waals surface area contributed by atoms with Crippen molar-refractivity contribution < 1.29 is 69.5 Å². The summed E-state index contributed by atoms with van der Waals surface area (Å²) in [5, 5.41) is 0. The first-order chi connectivity index (χ1) is 57.9. The minimum Gasteiger partial charge on any atom is -0.456 e. The van der Waals surface area contributed by atoms with Crippen LogP contribution in [0.5, 0.6) is 0 Å². The second kappa shape index (κ2) is 69.4. The lowest BCUT2D eigenvalue weighted by atomic mass is 9.90. The Kier molecular flexibility index (Phi) is 68.5. The number of likely N-dealkylation sites (N-methyl/N-ethyl adjacent to an activating group) is 5. The summed E-state index contributed by atoms with van der Waals surface area (Å²) in [5.41, 5.74) is 12.8. The van der Waals surface area contributed by atoms with Gasteiger partial charge in [-0.25, -0.2) is 19.2 Å². The van der Waals surface area contributed by atoms with Crippen molar-refractivity contribution in [3.05, 3.63) is 249 Å². The van der Waals surface area contributed by atoms with Crippen LogP contribution in [0.4, 0.5) is 0 Å². The topological polar surface area (TPSA) is 105 Å². The maximum atomic E-state index is 12.4. The highest BCUT2D eigenvalue weighted by Crippen LogP contribution is 2.27. The van der Waals surface area contributed by atoms with Gasteiger partial charge < -0.3 is 50.3 Å². The van der Waals surface area contributed by atoms with Crippen LogP contribution < -0.4 is 0 Å². The van der Waals surface area contributed by atoms with E-state index in [-0.39, 0.29) is 31.3 Å². The van der Waals surface area contributed by atoms with Crippen LogP contribution in [-0.2, 0) is 38.3 Å². The van der Waals surface area contributed by atoms with E-state index in [1.54, 1.807) is 36.4 Å². The summed E-state index contributed by atoms with van der Waals surface area (Å²) in [6.45, 7) is 51.5. The summed E-state index contributed by atoms with van der Waals surface area (Å²) in [5.74, 6) is -0.934. The van der Waals surface area contributed by atoms with Crippen molar-refractivity contribution in [3.63, 3.8) is 0 Å². The van der Waals surface area contributed by atoms with Gasteiger partial charge in [0.25, 0.3) is 0 Å². The van der Waals surface area contributed by atoms with Crippen LogP contribution in [0.15, 0.2) is 182 Å². The molecule has 7 aromatic rings. The lowest BCUT2D eigenvalue weighted by Crippen LogP contribution is -2.49. The van der Waals surface area contributed by atoms with Crippen molar-refractivity contribution in [2.45, 2.75) is 209 Å². The van der Waals surface area contributed by atoms with Crippen LogP contribution in [-0.4, -0.2) is 266 Å². The van der Waals surface area contributed by atoms with Crippen LogP contribution in [0.3, 0.4) is 0 Å². The molecule has 123 heavy (non-hydrogen) atoms. The van der Waals surface area contributed by atoms with Gasteiger partial charge in [0.05, 0.1) is 180 Å². The molecule has 15 nitrogen and oxygen atoms in total. The Balaban J connectivity index is -0.000000658. The number of esters is 4. The highest BCUT2D eigenvalue weighted by atomic mass is 16.5. The zero-order chi connectivity index (χ0) is 93.3. The molecule has 0 spiro atoms. The molecule has 0 unspecified atom stereocenters. The standard InChI is InChI=1S/C17H28NO2.C15H24N.C14H22N.C13H20N.3C12H18NO2.6C2H6.CH4/c1-11-12(2)14(4)16(15(5)13(11)3)17(19)20-10-9-18(6,7)8;1-16(12-6-3-7-13-16)14-8-11-15-9-4-2-5-10-15;1-15(11-6-3-7-12-15)13-10-14-8-4-2-5-9-14;1-14(10-6-3-7-11-14)12-13-8-4-2-5-9-13;3*1-13(2,3)9-10-15-12(14)11-7-5-4-6-8-11;6*1-2;/h9-10H2,1-8H3;2,4-5,9-10H,3,6-8,11-14H2,1H3;2,4-5,8-9H,3,6-7,10-13H2,1H3;2,4-5,8-9H,3,6-7,10-12H2,1H3;3*4-8H,9-10H2,1-3H3;6*1-2H3;1H4/q7*+1;;;;;;;. The number of piperidine rings is 3. The summed E-state index contributed by atoms with van der Waals surface area (Å²) in [6, 6.07) is 59.8. The molecule has 3 aliphatic rings. The maximum Gasteiger partial charge on any atom is 0.338 e. The minimum absolute atomic E-state index is 0. The fourth-order valence-electron chi connectivity index (χ4n) is 13.3. The number of carbonyl (C=O) groups is 4. The molecule has 0 N–H and O–H groups in total. The van der Waals surface area contributed by atoms with E-state index in [0.29, 0.717) is 43.1 Å². The van der Waals surface area contributed by atoms with Gasteiger partial charge in [0, 0.05) is 18.4 Å². The van der Waals surface area contributed by atoms with E-state index in [1.807, 2.05) is 152 Å². The van der Waals surface area contributed by atoms with Crippen LogP contribution in [0.25, 0.3) is 0 Å². The number of likely N-dealkylation sites (tertiary alicyclic amines) is 3. The average Bonchev–Trinajstić information content (AvgIpc) is 0.787. The molecule has 3 aliphatic heterocycles. The van der Waals surface area contributed by atoms with Crippen molar-refractivity contribution in [2.24, 2.45) is 0 Å². The Morgan fingerprint density at radius 3 is 0.764 bits per heavy atom. The van der Waals surface area contributed by atoms with Crippen molar-refractivity contribution >= 4 is 23.9 Å². The first-order valence-corrected chi connectivity index (χ1v) is 46.6. The number of aryl methyl sites for hydroxylation is 1. The van der Waals surface area contributed by atoms with E-state index in [9.17, 15) is 19.2 Å². The summed E-state index contributed by atoms with van der Waals surface area (Å²) < 4.78 is 27.9. The van der Waals surface area contributed by atoms with Crippen LogP contribution in [0.1, 0.15) is 241 Å². The number of benzene rings is 7. The number of rotatable bonds is 25. The van der Waals surface area contributed by atoms with Gasteiger partial charge in [-0.2, -0.15) is 0 Å². The number of ether oxygens (including phenoxy) is 4. The first kappa shape index (κ1) is 121. The summed E-state index contributed by atoms with van der Waals surface area (Å²) >= 11 is 0. The SMILES string of the molecule is C.CC.CC.CC.CC.CC.CC.C[N+](C)(C)CCOC(=O)c1ccccc1.C[N+](C)(C)CCOC(=O)c1ccccc1.C[N+](C)(C)CCOC(=O)c1ccccc1.C[N+]1(CCCc2ccccc2)CCCCC1.C[N+]1(CCc2ccccc2)CCCCC1.C[N+]1(Cc2ccccc2)CCCCC1.Cc1c(C)c(C)c(C(=O)OCC[N+](C)(C)C)c(C)c1C. The smallest absolute Gasteiger partial charge is 0.338 e. The van der Waals surface area contributed by atoms with Gasteiger partial charge in [-0.05, 0) is 174 Å². The normalized spacial score (nSPS) is 13.6. The second-order valence-electron chi connectivity index (χ2n) is 35.5. The number of hydrogen-bond donors (Lipinski definition) is 0. The molecular formula is C108H188N7O8+7. The number of nitrogens with zero attached hydrogens (tertiary/aromatic N) is 7. The first-order valence-electron chi connectivity index (χ1n) is 46.6. The predicted octanol–water partition coefficient (Wildman–Crippen LogP) is 23.5. The Morgan fingerprint density at radius 2 is 0.496 bits per heavy atom. The molecule has 0 bridgehead atoms. The highest BCUT2D eigenvalue weighted by Gasteiger charge is 2.27. The van der Waals surface area contributed by atoms with Crippen molar-refractivity contribution in [1.82, 2.24) is 0 Å². The molecule has 3 saturated heterocycles. The molecular weight excluding hydrogens is 1520 g/mol. The fraction of sp³-hybridized carbons (Fsp3) is 0.574. The van der Waals surface area contributed by atoms with Crippen molar-refractivity contribution in [1.29, 1.82) is 0 Å². The molecule has 15 heteroatoms. The summed E-state index contributed by atoms with van der Waals surface area (Å²) in [6.07, 6.45) is 16.7. The molecule has 10 rings (SSSR count). The zero-order valence-corrected chi connectivity index (χ0v) is 84.2. The van der Waals surface area contributed by atoms with Gasteiger partial charge in [0.1, 0.15) is 59.2 Å². The molecule has 0 radical (unpaired) electrons. The van der Waals surface area contributed by atoms with Gasteiger partial charge >= 0.3 is 23.9 Å². The highest BCUT2D eigenvalue weighted by molar-refractivity contribution is 5.94. The largest absolute Gasteiger partial charge is 0.456 e. The fourth-order valence-corrected chi connectivity index (χ4v) is 13.3. The molecule has 0 saturated carbocycles. The van der Waals surface area contributed by atoms with Gasteiger partial charge in [-0.15, -0.1) is 0 Å². The van der Waals surface area contributed by atoms with Crippen LogP contribution >= 0.6 is 0 Å². The Bertz CT molecular complexity index is 3510. The predicted molar refractivity (Wildman–Crippen MR) is 531 cm³/mol. The van der Waals surface area contributed by atoms with E-state index >= 15 is 0 Å². The Morgan fingerprint density at radius 1 is 0.276 bits per heavy atom. The lowest BCUT2D eigenvalue weighted by molar-refractivity contribution is -0.926. The third-order valence-electron chi connectivity index (χ3n) is 21.1. The van der Waals surface area contributed by atoms with E-state index in [2.05, 4.69) is 217 Å². The average molecular weight is 1710 g/mol. The van der Waals surface area contributed by atoms with Crippen molar-refractivity contribution in [3.8, 4) is 0 Å². The second-order valence-corrected chi connectivity index (χ2v) is 35.5. The van der Waals surface area contributed by atoms with Gasteiger partial charge in [0.15, 0.2) is 0 Å². The third kappa shape index (κ3) is 58.9. The quantitative estimate of drug-likeness (QED) is 0.0317. The van der Waals surface area contributed by atoms with Gasteiger partial charge in [0.2, 0.25) is 0 Å². The number of hydrogen-bond acceptors (Lipinski definition) is 8. The van der Waals surface area contributed by atoms with Crippen LogP contribution in [0, 0.1) is 34.6 Å². The van der Waals surface area contributed by atoms with E-state index < -0.39 is 0 Å². The molecule has 7 aromatic carbocycles. The minimum atomic E-state index is -0.246. The molecule has 0 aromatic heterocycles. The Hall–Kier alpha value is -7.86. The lowest BCUT2D eigenvalue weighted by Gasteiger charge is -2.37. The molecule has 0 amide bonds. The summed E-state index contributed by atoms with van der Waals surface area (Å²) in [7, 11) is 32.1. The molecule has 3 heterocycles. The monoisotopic (exact) mass is 1710 g/mol. The van der Waals surface area contributed by atoms with E-state index in [4.69, 9.17) is 18.9 Å². The number of carbonyl (C=O) groups excluding carboxylic acids is 4. The van der Waals surface area contributed by atoms with Crippen molar-refractivity contribution in [2.75, 3.05) is 211 Å². The molecule has 696 valence electrons. The third-order valence-corrected chi connectivity index (χ3v) is 21.1. The van der Waals surface area contributed by atoms with Crippen LogP contribution in [0.2, 0.25) is 0 Å². The maximum absolute atomic E-state index is 12.4.